The summed E-state index contributed by atoms with van der Waals surface area (Å²) < 4.78 is 60.4. The lowest BCUT2D eigenvalue weighted by Gasteiger charge is -2.11. The van der Waals surface area contributed by atoms with E-state index in [4.69, 9.17) is 0 Å². The third kappa shape index (κ3) is 7.54. The van der Waals surface area contributed by atoms with Crippen LogP contribution in [-0.4, -0.2) is 39.2 Å². The minimum Gasteiger partial charge on any atom is -0.356 e. The molecule has 1 heterocycles. The summed E-state index contributed by atoms with van der Waals surface area (Å²) in [5.41, 5.74) is -0.0114. The van der Waals surface area contributed by atoms with Gasteiger partial charge in [0.05, 0.1) is 9.90 Å². The fourth-order valence-corrected chi connectivity index (χ4v) is 3.54. The third-order valence-corrected chi connectivity index (χ3v) is 5.55. The summed E-state index contributed by atoms with van der Waals surface area (Å²) in [5, 5.41) is 7.45. The Kier molecular flexibility index (Phi) is 9.14. The summed E-state index contributed by atoms with van der Waals surface area (Å²) >= 11 is 0.969. The maximum atomic E-state index is 12.5. The molecule has 28 heavy (non-hydrogen) atoms. The SMILES string of the molecule is CN=C(NCCc1nc(C(F)(F)F)cs1)NCc1ccc(S(C)(=O)=O)cc1.I. The van der Waals surface area contributed by atoms with Crippen molar-refractivity contribution in [1.29, 1.82) is 0 Å². The molecule has 156 valence electrons. The van der Waals surface area contributed by atoms with Gasteiger partial charge in [0, 0.05) is 38.2 Å². The van der Waals surface area contributed by atoms with Crippen LogP contribution in [0.25, 0.3) is 0 Å². The number of sulfone groups is 1. The number of aromatic nitrogens is 1. The monoisotopic (exact) mass is 548 g/mol. The molecule has 0 aliphatic rings. The van der Waals surface area contributed by atoms with Crippen LogP contribution in [0.2, 0.25) is 0 Å². The molecule has 0 bridgehead atoms. The number of halogens is 4. The number of hydrogen-bond donors (Lipinski definition) is 2. The second-order valence-corrected chi connectivity index (χ2v) is 8.60. The number of aliphatic imine (C=N–C) groups is 1. The molecule has 2 N–H and O–H groups in total. The summed E-state index contributed by atoms with van der Waals surface area (Å²) in [4.78, 5) is 7.85. The topological polar surface area (TPSA) is 83.4 Å². The van der Waals surface area contributed by atoms with Gasteiger partial charge in [-0.25, -0.2) is 13.4 Å². The second-order valence-electron chi connectivity index (χ2n) is 5.64. The number of guanidine groups is 1. The van der Waals surface area contributed by atoms with Gasteiger partial charge >= 0.3 is 6.18 Å². The number of benzene rings is 1. The van der Waals surface area contributed by atoms with Crippen LogP contribution in [0.3, 0.4) is 0 Å². The first-order chi connectivity index (χ1) is 12.6. The molecule has 0 fully saturated rings. The summed E-state index contributed by atoms with van der Waals surface area (Å²) in [5.74, 6) is 0.481. The van der Waals surface area contributed by atoms with E-state index >= 15 is 0 Å². The molecule has 0 radical (unpaired) electrons. The van der Waals surface area contributed by atoms with Gasteiger partial charge in [-0.15, -0.1) is 35.3 Å². The van der Waals surface area contributed by atoms with Crippen LogP contribution in [0.4, 0.5) is 13.2 Å². The fourth-order valence-electron chi connectivity index (χ4n) is 2.10. The smallest absolute Gasteiger partial charge is 0.356 e. The Morgan fingerprint density at radius 3 is 2.36 bits per heavy atom. The lowest BCUT2D eigenvalue weighted by molar-refractivity contribution is -0.140. The second kappa shape index (κ2) is 10.4. The van der Waals surface area contributed by atoms with Gasteiger partial charge in [-0.1, -0.05) is 12.1 Å². The highest BCUT2D eigenvalue weighted by Crippen LogP contribution is 2.29. The zero-order valence-corrected chi connectivity index (χ0v) is 19.0. The highest BCUT2D eigenvalue weighted by Gasteiger charge is 2.33. The van der Waals surface area contributed by atoms with Crippen molar-refractivity contribution in [3.63, 3.8) is 0 Å². The Labute approximate surface area is 182 Å². The molecule has 6 nitrogen and oxygen atoms in total. The maximum absolute atomic E-state index is 12.5. The number of thiazole rings is 1. The van der Waals surface area contributed by atoms with E-state index in [0.717, 1.165) is 28.5 Å². The van der Waals surface area contributed by atoms with Crippen molar-refractivity contribution < 1.29 is 21.6 Å². The van der Waals surface area contributed by atoms with Crippen molar-refractivity contribution in [3.05, 3.63) is 45.9 Å². The summed E-state index contributed by atoms with van der Waals surface area (Å²) in [6, 6.07) is 6.46. The normalized spacial score (nSPS) is 12.4. The first-order valence-corrected chi connectivity index (χ1v) is 10.6. The first kappa shape index (κ1) is 24.6. The van der Waals surface area contributed by atoms with Gasteiger partial charge in [0.2, 0.25) is 0 Å². The molecule has 0 spiro atoms. The number of nitrogens with one attached hydrogen (secondary N) is 2. The van der Waals surface area contributed by atoms with Gasteiger partial charge in [-0.05, 0) is 17.7 Å². The Bertz CT molecular complexity index is 897. The van der Waals surface area contributed by atoms with Crippen molar-refractivity contribution in [2.45, 2.75) is 24.0 Å². The van der Waals surface area contributed by atoms with Gasteiger partial charge in [0.1, 0.15) is 0 Å². The maximum Gasteiger partial charge on any atom is 0.434 e. The van der Waals surface area contributed by atoms with Gasteiger partial charge in [-0.3, -0.25) is 4.99 Å². The van der Waals surface area contributed by atoms with Crippen molar-refractivity contribution in [3.8, 4) is 0 Å². The van der Waals surface area contributed by atoms with E-state index in [9.17, 15) is 21.6 Å². The van der Waals surface area contributed by atoms with E-state index in [1.807, 2.05) is 0 Å². The minimum absolute atomic E-state index is 0. The van der Waals surface area contributed by atoms with E-state index in [2.05, 4.69) is 20.6 Å². The summed E-state index contributed by atoms with van der Waals surface area (Å²) in [6.45, 7) is 0.788. The fraction of sp³-hybridized carbons (Fsp3) is 0.375. The van der Waals surface area contributed by atoms with E-state index in [0.29, 0.717) is 30.5 Å². The Hall–Kier alpha value is -1.41. The molecule has 2 aromatic rings. The molecule has 0 aliphatic heterocycles. The minimum atomic E-state index is -4.42. The van der Waals surface area contributed by atoms with Gasteiger partial charge in [-0.2, -0.15) is 13.2 Å². The van der Waals surface area contributed by atoms with Gasteiger partial charge in [0.15, 0.2) is 21.5 Å². The molecule has 0 unspecified atom stereocenters. The predicted molar refractivity (Wildman–Crippen MR) is 114 cm³/mol. The Balaban J connectivity index is 0.00000392. The summed E-state index contributed by atoms with van der Waals surface area (Å²) in [7, 11) is -1.66. The molecule has 0 saturated carbocycles. The zero-order valence-electron chi connectivity index (χ0n) is 15.1. The number of hydrogen-bond acceptors (Lipinski definition) is 5. The van der Waals surface area contributed by atoms with Gasteiger partial charge in [0.25, 0.3) is 0 Å². The largest absolute Gasteiger partial charge is 0.434 e. The van der Waals surface area contributed by atoms with Crippen LogP contribution in [-0.2, 0) is 29.0 Å². The molecule has 0 amide bonds. The lowest BCUT2D eigenvalue weighted by Crippen LogP contribution is -2.37. The average Bonchev–Trinajstić information content (AvgIpc) is 3.07. The zero-order chi connectivity index (χ0) is 20.1. The Morgan fingerprint density at radius 1 is 1.21 bits per heavy atom. The molecule has 12 heteroatoms. The predicted octanol–water partition coefficient (Wildman–Crippen LogP) is 3.09. The van der Waals surface area contributed by atoms with Crippen LogP contribution in [0.5, 0.6) is 0 Å². The molecular formula is C16H20F3IN4O2S2. The van der Waals surface area contributed by atoms with Crippen molar-refractivity contribution in [1.82, 2.24) is 15.6 Å². The van der Waals surface area contributed by atoms with E-state index in [-0.39, 0.29) is 28.9 Å². The summed E-state index contributed by atoms with van der Waals surface area (Å²) in [6.07, 6.45) is -2.94. The molecule has 1 aromatic heterocycles. The van der Waals surface area contributed by atoms with E-state index < -0.39 is 21.7 Å². The van der Waals surface area contributed by atoms with Crippen LogP contribution in [0.1, 0.15) is 16.3 Å². The Morgan fingerprint density at radius 2 is 1.86 bits per heavy atom. The molecule has 0 saturated heterocycles. The van der Waals surface area contributed by atoms with Crippen LogP contribution >= 0.6 is 35.3 Å². The first-order valence-electron chi connectivity index (χ1n) is 7.84. The quantitative estimate of drug-likeness (QED) is 0.330. The molecule has 1 aromatic carbocycles. The van der Waals surface area contributed by atoms with Crippen LogP contribution in [0.15, 0.2) is 39.5 Å². The third-order valence-electron chi connectivity index (χ3n) is 3.51. The highest BCUT2D eigenvalue weighted by molar-refractivity contribution is 14.0. The standard InChI is InChI=1S/C16H19F3N4O2S2.HI/c1-20-15(21-8-7-14-23-13(10-26-14)16(17,18)19)22-9-11-3-5-12(6-4-11)27(2,24)25;/h3-6,10H,7-9H2,1-2H3,(H2,20,21,22);1H. The average molecular weight is 548 g/mol. The highest BCUT2D eigenvalue weighted by atomic mass is 127. The number of nitrogens with zero attached hydrogens (tertiary/aromatic N) is 2. The van der Waals surface area contributed by atoms with Crippen LogP contribution < -0.4 is 10.6 Å². The lowest BCUT2D eigenvalue weighted by atomic mass is 10.2. The van der Waals surface area contributed by atoms with Crippen molar-refractivity contribution in [2.24, 2.45) is 4.99 Å². The van der Waals surface area contributed by atoms with Crippen molar-refractivity contribution in [2.75, 3.05) is 19.8 Å². The molecule has 2 rings (SSSR count). The van der Waals surface area contributed by atoms with Crippen LogP contribution in [0, 0.1) is 0 Å². The van der Waals surface area contributed by atoms with Gasteiger partial charge < -0.3 is 10.6 Å². The molecule has 0 aliphatic carbocycles. The number of alkyl halides is 3. The van der Waals surface area contributed by atoms with E-state index in [1.54, 1.807) is 19.2 Å². The molecular weight excluding hydrogens is 528 g/mol. The van der Waals surface area contributed by atoms with E-state index in [1.165, 1.54) is 12.1 Å². The molecule has 0 atom stereocenters. The van der Waals surface area contributed by atoms with Crippen molar-refractivity contribution >= 4 is 51.1 Å². The number of rotatable bonds is 6.